The second kappa shape index (κ2) is 12.7. The predicted octanol–water partition coefficient (Wildman–Crippen LogP) is 3.76. The number of rotatable bonds is 12. The maximum Gasteiger partial charge on any atom is 0.387 e. The Bertz CT molecular complexity index is 1330. The Hall–Kier alpha value is -3.74. The number of hydrogen-bond acceptors (Lipinski definition) is 8. The molecule has 0 amide bonds. The topological polar surface area (TPSA) is 134 Å². The third-order valence-electron chi connectivity index (χ3n) is 5.58. The van der Waals surface area contributed by atoms with Gasteiger partial charge in [0, 0.05) is 12.6 Å². The molecule has 2 atom stereocenters. The molecule has 0 saturated heterocycles. The first-order chi connectivity index (χ1) is 17.9. The van der Waals surface area contributed by atoms with Crippen LogP contribution in [-0.4, -0.2) is 51.1 Å². The summed E-state index contributed by atoms with van der Waals surface area (Å²) >= 11 is 0. The number of aromatic hydroxyl groups is 1. The number of carbonyl (C=O) groups is 1. The Morgan fingerprint density at radius 1 is 1.00 bits per heavy atom. The van der Waals surface area contributed by atoms with Gasteiger partial charge in [-0.2, -0.15) is 8.78 Å². The number of nitrogens with one attached hydrogen (secondary N) is 2. The molecule has 38 heavy (non-hydrogen) atoms. The Balaban J connectivity index is 1.80. The van der Waals surface area contributed by atoms with Crippen LogP contribution in [0.15, 0.2) is 66.7 Å². The lowest BCUT2D eigenvalue weighted by Crippen LogP contribution is -2.28. The number of anilines is 1. The largest absolute Gasteiger partial charge is 0.506 e. The number of halogens is 2. The molecule has 0 fully saturated rings. The van der Waals surface area contributed by atoms with Gasteiger partial charge in [-0.05, 0) is 59.5 Å². The average molecular weight is 551 g/mol. The van der Waals surface area contributed by atoms with Crippen LogP contribution < -0.4 is 14.8 Å². The molecular formula is C26H28F2N2O7S. The van der Waals surface area contributed by atoms with Crippen molar-refractivity contribution in [1.82, 2.24) is 5.32 Å². The van der Waals surface area contributed by atoms with Gasteiger partial charge in [-0.1, -0.05) is 30.3 Å². The number of methoxy groups -OCH3 is 1. The van der Waals surface area contributed by atoms with E-state index in [4.69, 9.17) is 4.74 Å². The molecule has 4 N–H and O–H groups in total. The van der Waals surface area contributed by atoms with Gasteiger partial charge in [0.1, 0.15) is 11.5 Å². The fourth-order valence-electron chi connectivity index (χ4n) is 3.73. The molecule has 3 aromatic carbocycles. The summed E-state index contributed by atoms with van der Waals surface area (Å²) in [6, 6.07) is 16.5. The number of hydrogen-bond donors (Lipinski definition) is 4. The Kier molecular flexibility index (Phi) is 9.61. The third-order valence-corrected chi connectivity index (χ3v) is 6.17. The van der Waals surface area contributed by atoms with Crippen LogP contribution >= 0.6 is 0 Å². The normalized spacial score (nSPS) is 13.1. The van der Waals surface area contributed by atoms with Crippen LogP contribution in [0.25, 0.3) is 0 Å². The second-order valence-corrected chi connectivity index (χ2v) is 10.2. The van der Waals surface area contributed by atoms with Gasteiger partial charge in [0.25, 0.3) is 0 Å². The quantitative estimate of drug-likeness (QED) is 0.198. The first-order valence-corrected chi connectivity index (χ1v) is 13.3. The van der Waals surface area contributed by atoms with Gasteiger partial charge >= 0.3 is 12.6 Å². The van der Waals surface area contributed by atoms with Gasteiger partial charge in [-0.25, -0.2) is 13.2 Å². The average Bonchev–Trinajstić information content (AvgIpc) is 2.87. The van der Waals surface area contributed by atoms with Crippen LogP contribution in [0.4, 0.5) is 14.5 Å². The highest BCUT2D eigenvalue weighted by Gasteiger charge is 2.18. The van der Waals surface area contributed by atoms with Crippen molar-refractivity contribution in [2.45, 2.75) is 25.2 Å². The molecule has 9 nitrogen and oxygen atoms in total. The van der Waals surface area contributed by atoms with E-state index in [-0.39, 0.29) is 29.8 Å². The number of sulfonamides is 1. The number of phenols is 1. The van der Waals surface area contributed by atoms with E-state index < -0.39 is 28.7 Å². The maximum atomic E-state index is 12.5. The van der Waals surface area contributed by atoms with Gasteiger partial charge in [0.2, 0.25) is 10.0 Å². The Morgan fingerprint density at radius 3 is 2.21 bits per heavy atom. The number of alkyl halides is 2. The summed E-state index contributed by atoms with van der Waals surface area (Å²) in [6.45, 7) is -2.92. The van der Waals surface area contributed by atoms with E-state index >= 15 is 0 Å². The number of aliphatic hydroxyl groups is 1. The molecule has 0 heterocycles. The number of carbonyl (C=O) groups excluding carboxylic acids is 1. The molecule has 0 bridgehead atoms. The van der Waals surface area contributed by atoms with Crippen molar-refractivity contribution in [1.29, 1.82) is 0 Å². The van der Waals surface area contributed by atoms with Crippen molar-refractivity contribution in [3.63, 3.8) is 0 Å². The summed E-state index contributed by atoms with van der Waals surface area (Å²) in [5, 5.41) is 24.0. The van der Waals surface area contributed by atoms with Gasteiger partial charge in [-0.15, -0.1) is 0 Å². The maximum absolute atomic E-state index is 12.5. The number of aliphatic hydroxyl groups excluding tert-OH is 1. The SMILES string of the molecule is COC(=O)c1ccc(CC(NC[C@H](O)c2ccc(O)c(NS(C)(=O)=O)c2)c2ccc(OC(F)F)cc2)cc1. The first-order valence-electron chi connectivity index (χ1n) is 11.4. The molecule has 0 aliphatic carbocycles. The molecule has 1 unspecified atom stereocenters. The lowest BCUT2D eigenvalue weighted by atomic mass is 9.97. The molecule has 0 aliphatic rings. The van der Waals surface area contributed by atoms with Gasteiger partial charge in [0.05, 0.1) is 30.7 Å². The zero-order chi connectivity index (χ0) is 27.9. The van der Waals surface area contributed by atoms with Crippen molar-refractivity contribution in [3.05, 3.63) is 89.0 Å². The fraction of sp³-hybridized carbons (Fsp3) is 0.269. The van der Waals surface area contributed by atoms with E-state index in [1.54, 1.807) is 36.4 Å². The molecule has 204 valence electrons. The first kappa shape index (κ1) is 28.8. The molecule has 0 saturated carbocycles. The third kappa shape index (κ3) is 8.40. The van der Waals surface area contributed by atoms with Crippen LogP contribution in [0.5, 0.6) is 11.5 Å². The minimum absolute atomic E-state index is 0.0000326. The fourth-order valence-corrected chi connectivity index (χ4v) is 4.30. The number of esters is 1. The highest BCUT2D eigenvalue weighted by atomic mass is 32.2. The van der Waals surface area contributed by atoms with Gasteiger partial charge < -0.3 is 25.0 Å². The molecule has 0 spiro atoms. The smallest absolute Gasteiger partial charge is 0.387 e. The standard InChI is InChI=1S/C26H28F2N2O7S/c1-36-25(33)18-5-3-16(4-6-18)13-21(17-7-10-20(11-8-17)37-26(27)28)29-15-24(32)19-9-12-23(31)22(14-19)30-38(2,34)35/h3-12,14,21,24,26,29-32H,13,15H2,1-2H3/t21?,24-/m0/s1. The zero-order valence-corrected chi connectivity index (χ0v) is 21.4. The zero-order valence-electron chi connectivity index (χ0n) is 20.6. The molecule has 0 radical (unpaired) electrons. The summed E-state index contributed by atoms with van der Waals surface area (Å²) in [5.74, 6) is -0.763. The summed E-state index contributed by atoms with van der Waals surface area (Å²) in [6.07, 6.45) is 0.276. The highest BCUT2D eigenvalue weighted by molar-refractivity contribution is 7.92. The van der Waals surface area contributed by atoms with Crippen molar-refractivity contribution >= 4 is 21.7 Å². The van der Waals surface area contributed by atoms with Crippen LogP contribution in [0, 0.1) is 0 Å². The Labute approximate surface area is 219 Å². The number of ether oxygens (including phenoxy) is 2. The van der Waals surface area contributed by atoms with Gasteiger partial charge in [0.15, 0.2) is 0 Å². The predicted molar refractivity (Wildman–Crippen MR) is 137 cm³/mol. The highest BCUT2D eigenvalue weighted by Crippen LogP contribution is 2.29. The Morgan fingerprint density at radius 2 is 1.63 bits per heavy atom. The minimum Gasteiger partial charge on any atom is -0.506 e. The second-order valence-electron chi connectivity index (χ2n) is 8.47. The minimum atomic E-state index is -3.65. The monoisotopic (exact) mass is 550 g/mol. The molecule has 12 heteroatoms. The van der Waals surface area contributed by atoms with E-state index in [0.717, 1.165) is 17.4 Å². The lowest BCUT2D eigenvalue weighted by molar-refractivity contribution is -0.0498. The van der Waals surface area contributed by atoms with Gasteiger partial charge in [-0.3, -0.25) is 4.72 Å². The van der Waals surface area contributed by atoms with E-state index in [1.165, 1.54) is 37.4 Å². The van der Waals surface area contributed by atoms with E-state index in [1.807, 2.05) is 0 Å². The van der Waals surface area contributed by atoms with Crippen molar-refractivity contribution < 1.29 is 41.7 Å². The van der Waals surface area contributed by atoms with Crippen molar-refractivity contribution in [2.75, 3.05) is 24.6 Å². The summed E-state index contributed by atoms with van der Waals surface area (Å²) in [5.41, 5.74) is 2.24. The van der Waals surface area contributed by atoms with Crippen molar-refractivity contribution in [3.8, 4) is 11.5 Å². The van der Waals surface area contributed by atoms with E-state index in [2.05, 4.69) is 14.8 Å². The molecule has 3 rings (SSSR count). The van der Waals surface area contributed by atoms with E-state index in [9.17, 15) is 32.2 Å². The van der Waals surface area contributed by atoms with Crippen LogP contribution in [0.1, 0.15) is 39.2 Å². The summed E-state index contributed by atoms with van der Waals surface area (Å²) < 4.78 is 59.6. The van der Waals surface area contributed by atoms with Crippen LogP contribution in [0.2, 0.25) is 0 Å². The summed E-state index contributed by atoms with van der Waals surface area (Å²) in [4.78, 5) is 11.7. The number of benzene rings is 3. The van der Waals surface area contributed by atoms with E-state index in [0.29, 0.717) is 17.5 Å². The summed E-state index contributed by atoms with van der Waals surface area (Å²) in [7, 11) is -2.36. The van der Waals surface area contributed by atoms with Crippen LogP contribution in [0.3, 0.4) is 0 Å². The number of phenolic OH excluding ortho intramolecular Hbond substituents is 1. The molecule has 0 aromatic heterocycles. The van der Waals surface area contributed by atoms with Crippen LogP contribution in [-0.2, 0) is 21.2 Å². The molecule has 0 aliphatic heterocycles. The lowest BCUT2D eigenvalue weighted by Gasteiger charge is -2.22. The molecule has 3 aromatic rings. The molecular weight excluding hydrogens is 522 g/mol. The van der Waals surface area contributed by atoms with Crippen molar-refractivity contribution in [2.24, 2.45) is 0 Å².